The third-order valence-electron chi connectivity index (χ3n) is 2.65. The summed E-state index contributed by atoms with van der Waals surface area (Å²) in [5, 5.41) is 11.8. The normalized spacial score (nSPS) is 10.3. The van der Waals surface area contributed by atoms with Gasteiger partial charge < -0.3 is 15.2 Å². The second-order valence-electron chi connectivity index (χ2n) is 4.13. The van der Waals surface area contributed by atoms with Crippen LogP contribution >= 0.6 is 0 Å². The van der Waals surface area contributed by atoms with Gasteiger partial charge in [0.15, 0.2) is 0 Å². The van der Waals surface area contributed by atoms with Crippen molar-refractivity contribution in [2.24, 2.45) is 12.8 Å². The van der Waals surface area contributed by atoms with Crippen LogP contribution in [0.3, 0.4) is 0 Å². The molecule has 0 spiro atoms. The van der Waals surface area contributed by atoms with Crippen LogP contribution in [0, 0.1) is 12.3 Å². The number of nitrogen functional groups attached to an aromatic ring is 1. The SMILES string of the molecule is COc1ccc(C(=N)N)c(Oc2cc(C)nn2C)c1. The monoisotopic (exact) mass is 260 g/mol. The first kappa shape index (κ1) is 12.9. The number of nitrogens with zero attached hydrogens (tertiary/aromatic N) is 2. The second-order valence-corrected chi connectivity index (χ2v) is 4.13. The van der Waals surface area contributed by atoms with E-state index in [0.29, 0.717) is 22.9 Å². The average Bonchev–Trinajstić information content (AvgIpc) is 2.67. The van der Waals surface area contributed by atoms with Gasteiger partial charge in [0.1, 0.15) is 17.3 Å². The molecular formula is C13H16N4O2. The molecule has 19 heavy (non-hydrogen) atoms. The Morgan fingerprint density at radius 3 is 2.63 bits per heavy atom. The first-order chi connectivity index (χ1) is 9.01. The molecule has 0 atom stereocenters. The van der Waals surface area contributed by atoms with E-state index in [2.05, 4.69) is 5.10 Å². The molecule has 1 aromatic carbocycles. The molecule has 100 valence electrons. The summed E-state index contributed by atoms with van der Waals surface area (Å²) in [5.41, 5.74) is 6.91. The molecule has 0 aliphatic carbocycles. The fourth-order valence-corrected chi connectivity index (χ4v) is 1.73. The number of methoxy groups -OCH3 is 1. The van der Waals surface area contributed by atoms with Gasteiger partial charge in [-0.25, -0.2) is 4.68 Å². The Balaban J connectivity index is 2.42. The number of aryl methyl sites for hydroxylation is 2. The largest absolute Gasteiger partial charge is 0.497 e. The second kappa shape index (κ2) is 5.01. The maximum absolute atomic E-state index is 7.56. The fraction of sp³-hybridized carbons (Fsp3) is 0.231. The molecule has 0 aliphatic rings. The smallest absolute Gasteiger partial charge is 0.217 e. The van der Waals surface area contributed by atoms with Gasteiger partial charge in [0.2, 0.25) is 5.88 Å². The van der Waals surface area contributed by atoms with E-state index in [1.807, 2.05) is 13.0 Å². The molecule has 6 heteroatoms. The molecule has 0 aliphatic heterocycles. The minimum Gasteiger partial charge on any atom is -0.497 e. The molecule has 0 unspecified atom stereocenters. The van der Waals surface area contributed by atoms with Crippen molar-refractivity contribution in [3.8, 4) is 17.4 Å². The van der Waals surface area contributed by atoms with Gasteiger partial charge in [-0.3, -0.25) is 5.41 Å². The van der Waals surface area contributed by atoms with E-state index >= 15 is 0 Å². The van der Waals surface area contributed by atoms with Crippen LogP contribution in [0.15, 0.2) is 24.3 Å². The number of ether oxygens (including phenoxy) is 2. The molecule has 1 aromatic heterocycles. The van der Waals surface area contributed by atoms with Crippen LogP contribution in [0.4, 0.5) is 0 Å². The zero-order valence-corrected chi connectivity index (χ0v) is 11.1. The maximum Gasteiger partial charge on any atom is 0.217 e. The molecule has 0 saturated heterocycles. The summed E-state index contributed by atoms with van der Waals surface area (Å²) in [6.45, 7) is 1.88. The minimum absolute atomic E-state index is 0.0588. The summed E-state index contributed by atoms with van der Waals surface area (Å²) in [7, 11) is 3.36. The maximum atomic E-state index is 7.56. The molecule has 0 bridgehead atoms. The lowest BCUT2D eigenvalue weighted by Crippen LogP contribution is -2.12. The number of amidine groups is 1. The van der Waals surface area contributed by atoms with E-state index in [0.717, 1.165) is 5.69 Å². The number of nitrogens with two attached hydrogens (primary N) is 1. The van der Waals surface area contributed by atoms with Crippen LogP contribution in [-0.4, -0.2) is 22.7 Å². The van der Waals surface area contributed by atoms with Crippen LogP contribution in [0.5, 0.6) is 17.4 Å². The quantitative estimate of drug-likeness (QED) is 0.648. The Labute approximate surface area is 111 Å². The number of nitrogens with one attached hydrogen (secondary N) is 1. The summed E-state index contributed by atoms with van der Waals surface area (Å²) >= 11 is 0. The van der Waals surface area contributed by atoms with Crippen LogP contribution < -0.4 is 15.2 Å². The van der Waals surface area contributed by atoms with E-state index in [1.165, 1.54) is 0 Å². The summed E-state index contributed by atoms with van der Waals surface area (Å²) in [5.74, 6) is 1.62. The number of hydrogen-bond donors (Lipinski definition) is 2. The van der Waals surface area contributed by atoms with Crippen molar-refractivity contribution in [1.29, 1.82) is 5.41 Å². The molecule has 2 aromatic rings. The van der Waals surface area contributed by atoms with Crippen molar-refractivity contribution in [1.82, 2.24) is 9.78 Å². The lowest BCUT2D eigenvalue weighted by Gasteiger charge is -2.11. The Kier molecular flexibility index (Phi) is 3.41. The molecule has 0 fully saturated rings. The van der Waals surface area contributed by atoms with Crippen LogP contribution in [0.25, 0.3) is 0 Å². The van der Waals surface area contributed by atoms with E-state index in [-0.39, 0.29) is 5.84 Å². The zero-order chi connectivity index (χ0) is 14.0. The third-order valence-corrected chi connectivity index (χ3v) is 2.65. The molecule has 2 rings (SSSR count). The van der Waals surface area contributed by atoms with E-state index in [9.17, 15) is 0 Å². The number of aromatic nitrogens is 2. The minimum atomic E-state index is -0.0588. The molecule has 1 heterocycles. The Hall–Kier alpha value is -2.50. The predicted molar refractivity (Wildman–Crippen MR) is 72.0 cm³/mol. The highest BCUT2D eigenvalue weighted by molar-refractivity contribution is 5.97. The lowest BCUT2D eigenvalue weighted by atomic mass is 10.2. The van der Waals surface area contributed by atoms with Gasteiger partial charge in [-0.2, -0.15) is 5.10 Å². The van der Waals surface area contributed by atoms with E-state index in [4.69, 9.17) is 20.6 Å². The van der Waals surface area contributed by atoms with Gasteiger partial charge in [-0.15, -0.1) is 0 Å². The van der Waals surface area contributed by atoms with E-state index in [1.54, 1.807) is 37.0 Å². The molecule has 6 nitrogen and oxygen atoms in total. The highest BCUT2D eigenvalue weighted by Gasteiger charge is 2.12. The summed E-state index contributed by atoms with van der Waals surface area (Å²) in [6.07, 6.45) is 0. The van der Waals surface area contributed by atoms with Crippen molar-refractivity contribution >= 4 is 5.84 Å². The van der Waals surface area contributed by atoms with Crippen LogP contribution in [-0.2, 0) is 7.05 Å². The summed E-state index contributed by atoms with van der Waals surface area (Å²) in [6, 6.07) is 6.93. The zero-order valence-electron chi connectivity index (χ0n) is 11.1. The molecule has 0 amide bonds. The fourth-order valence-electron chi connectivity index (χ4n) is 1.73. The predicted octanol–water partition coefficient (Wildman–Crippen LogP) is 1.81. The summed E-state index contributed by atoms with van der Waals surface area (Å²) < 4.78 is 12.5. The molecule has 0 saturated carbocycles. The Morgan fingerprint density at radius 2 is 2.11 bits per heavy atom. The highest BCUT2D eigenvalue weighted by atomic mass is 16.5. The summed E-state index contributed by atoms with van der Waals surface area (Å²) in [4.78, 5) is 0. The van der Waals surface area contributed by atoms with Crippen molar-refractivity contribution in [2.75, 3.05) is 7.11 Å². The van der Waals surface area contributed by atoms with Crippen molar-refractivity contribution in [2.45, 2.75) is 6.92 Å². The third kappa shape index (κ3) is 2.67. The first-order valence-corrected chi connectivity index (χ1v) is 5.72. The van der Waals surface area contributed by atoms with Gasteiger partial charge in [0.05, 0.1) is 18.4 Å². The number of hydrogen-bond acceptors (Lipinski definition) is 4. The van der Waals surface area contributed by atoms with Gasteiger partial charge >= 0.3 is 0 Å². The molecule has 0 radical (unpaired) electrons. The number of rotatable bonds is 4. The average molecular weight is 260 g/mol. The van der Waals surface area contributed by atoms with Crippen molar-refractivity contribution in [3.05, 3.63) is 35.5 Å². The number of benzene rings is 1. The van der Waals surface area contributed by atoms with Crippen LogP contribution in [0.1, 0.15) is 11.3 Å². The lowest BCUT2D eigenvalue weighted by molar-refractivity contribution is 0.401. The van der Waals surface area contributed by atoms with Gasteiger partial charge in [0, 0.05) is 19.2 Å². The highest BCUT2D eigenvalue weighted by Crippen LogP contribution is 2.29. The molecule has 3 N–H and O–H groups in total. The Bertz CT molecular complexity index is 619. The van der Waals surface area contributed by atoms with Crippen LogP contribution in [0.2, 0.25) is 0 Å². The van der Waals surface area contributed by atoms with Gasteiger partial charge in [0.25, 0.3) is 0 Å². The standard InChI is InChI=1S/C13H16N4O2/c1-8-6-12(17(2)16-8)19-11-7-9(18-3)4-5-10(11)13(14)15/h4-7H,1-3H3,(H3,14,15). The van der Waals surface area contributed by atoms with Crippen molar-refractivity contribution < 1.29 is 9.47 Å². The van der Waals surface area contributed by atoms with Gasteiger partial charge in [-0.05, 0) is 19.1 Å². The topological polar surface area (TPSA) is 86.2 Å². The van der Waals surface area contributed by atoms with Crippen molar-refractivity contribution in [3.63, 3.8) is 0 Å². The first-order valence-electron chi connectivity index (χ1n) is 5.72. The van der Waals surface area contributed by atoms with Gasteiger partial charge in [-0.1, -0.05) is 0 Å². The molecular weight excluding hydrogens is 244 g/mol. The Morgan fingerprint density at radius 1 is 1.37 bits per heavy atom. The van der Waals surface area contributed by atoms with E-state index < -0.39 is 0 Å².